The molecule has 1 atom stereocenters. The number of aryl methyl sites for hydroxylation is 1. The fourth-order valence-electron chi connectivity index (χ4n) is 4.29. The second-order valence-corrected chi connectivity index (χ2v) is 9.98. The highest BCUT2D eigenvalue weighted by atomic mass is 32.2. The lowest BCUT2D eigenvalue weighted by molar-refractivity contribution is -0.123. The quantitative estimate of drug-likeness (QED) is 0.745. The minimum Gasteiger partial charge on any atom is -0.482 e. The molecular weight excluding hydrogens is 430 g/mol. The maximum absolute atomic E-state index is 13.5. The van der Waals surface area contributed by atoms with Crippen LogP contribution in [-0.2, 0) is 19.6 Å². The van der Waals surface area contributed by atoms with Crippen molar-refractivity contribution in [2.24, 2.45) is 5.92 Å². The number of para-hydroxylation sites is 1. The van der Waals surface area contributed by atoms with Gasteiger partial charge in [0.15, 0.2) is 6.61 Å². The Labute approximate surface area is 188 Å². The summed E-state index contributed by atoms with van der Waals surface area (Å²) >= 11 is 0. The van der Waals surface area contributed by atoms with Crippen molar-refractivity contribution in [2.45, 2.75) is 31.6 Å². The van der Waals surface area contributed by atoms with Gasteiger partial charge in [0.05, 0.1) is 16.5 Å². The van der Waals surface area contributed by atoms with Gasteiger partial charge in [0.1, 0.15) is 5.75 Å². The Morgan fingerprint density at radius 2 is 2.00 bits per heavy atom. The van der Waals surface area contributed by atoms with Crippen molar-refractivity contribution in [1.29, 1.82) is 0 Å². The fraction of sp³-hybridized carbons (Fsp3) is 0.391. The highest BCUT2D eigenvalue weighted by Gasteiger charge is 2.36. The fourth-order valence-corrected chi connectivity index (χ4v) is 6.03. The molecule has 2 aliphatic heterocycles. The normalized spacial score (nSPS) is 18.9. The Morgan fingerprint density at radius 3 is 2.72 bits per heavy atom. The van der Waals surface area contributed by atoms with E-state index in [0.29, 0.717) is 42.9 Å². The molecule has 1 saturated heterocycles. The van der Waals surface area contributed by atoms with Gasteiger partial charge in [0.25, 0.3) is 5.91 Å². The molecular formula is C23H27N3O5S. The first kappa shape index (κ1) is 22.3. The number of amides is 2. The molecule has 4 rings (SSSR count). The number of carbonyl (C=O) groups excluding carboxylic acids is 2. The summed E-state index contributed by atoms with van der Waals surface area (Å²) in [5.41, 5.74) is 1.79. The molecule has 2 aromatic rings. The lowest BCUT2D eigenvalue weighted by Crippen LogP contribution is -2.47. The number of anilines is 2. The molecule has 0 aromatic heterocycles. The van der Waals surface area contributed by atoms with Crippen molar-refractivity contribution in [1.82, 2.24) is 4.31 Å². The number of rotatable bonds is 5. The largest absolute Gasteiger partial charge is 0.482 e. The van der Waals surface area contributed by atoms with Crippen molar-refractivity contribution in [3.8, 4) is 5.75 Å². The smallest absolute Gasteiger partial charge is 0.262 e. The Morgan fingerprint density at radius 1 is 1.25 bits per heavy atom. The van der Waals surface area contributed by atoms with Crippen LogP contribution in [0.3, 0.4) is 0 Å². The summed E-state index contributed by atoms with van der Waals surface area (Å²) in [6, 6.07) is 12.5. The molecule has 170 valence electrons. The molecule has 9 heteroatoms. The molecule has 0 spiro atoms. The minimum absolute atomic E-state index is 0.0631. The van der Waals surface area contributed by atoms with Crippen LogP contribution in [0.25, 0.3) is 0 Å². The van der Waals surface area contributed by atoms with Gasteiger partial charge in [-0.15, -0.1) is 0 Å². The van der Waals surface area contributed by atoms with Crippen LogP contribution < -0.4 is 15.0 Å². The third-order valence-electron chi connectivity index (χ3n) is 5.91. The number of fused-ring (bicyclic) bond motifs is 1. The van der Waals surface area contributed by atoms with Crippen LogP contribution in [0.2, 0.25) is 0 Å². The van der Waals surface area contributed by atoms with E-state index in [0.717, 1.165) is 5.69 Å². The first-order valence-electron chi connectivity index (χ1n) is 10.7. The molecule has 1 unspecified atom stereocenters. The molecule has 0 saturated carbocycles. The first-order valence-corrected chi connectivity index (χ1v) is 12.2. The summed E-state index contributed by atoms with van der Waals surface area (Å²) in [5.74, 6) is -0.414. The lowest BCUT2D eigenvalue weighted by Gasteiger charge is -2.34. The number of benzene rings is 2. The number of ether oxygens (including phenoxy) is 1. The van der Waals surface area contributed by atoms with Gasteiger partial charge < -0.3 is 15.0 Å². The molecule has 8 nitrogen and oxygen atoms in total. The van der Waals surface area contributed by atoms with Gasteiger partial charge in [-0.3, -0.25) is 9.59 Å². The molecule has 1 fully saturated rings. The van der Waals surface area contributed by atoms with Crippen LogP contribution in [0.4, 0.5) is 11.4 Å². The molecule has 0 radical (unpaired) electrons. The zero-order valence-electron chi connectivity index (χ0n) is 18.2. The Kier molecular flexibility index (Phi) is 6.21. The van der Waals surface area contributed by atoms with E-state index in [1.54, 1.807) is 17.9 Å². The zero-order chi connectivity index (χ0) is 22.9. The Bertz CT molecular complexity index is 1130. The Balaban J connectivity index is 1.58. The van der Waals surface area contributed by atoms with Crippen LogP contribution >= 0.6 is 0 Å². The third kappa shape index (κ3) is 4.22. The second-order valence-electron chi connectivity index (χ2n) is 8.07. The van der Waals surface area contributed by atoms with Gasteiger partial charge >= 0.3 is 0 Å². The van der Waals surface area contributed by atoms with E-state index in [4.69, 9.17) is 4.74 Å². The maximum atomic E-state index is 13.5. The number of piperidine rings is 1. The van der Waals surface area contributed by atoms with E-state index in [1.807, 2.05) is 37.3 Å². The number of carbonyl (C=O) groups is 2. The average Bonchev–Trinajstić information content (AvgIpc) is 2.79. The Hall–Kier alpha value is -2.91. The third-order valence-corrected chi connectivity index (χ3v) is 7.92. The number of sulfonamides is 1. The van der Waals surface area contributed by atoms with Crippen molar-refractivity contribution < 1.29 is 22.7 Å². The van der Waals surface area contributed by atoms with Crippen LogP contribution in [-0.4, -0.2) is 50.8 Å². The summed E-state index contributed by atoms with van der Waals surface area (Å²) in [5, 5.41) is 2.69. The number of hydrogen-bond acceptors (Lipinski definition) is 5. The first-order chi connectivity index (χ1) is 15.3. The molecule has 0 bridgehead atoms. The van der Waals surface area contributed by atoms with Gasteiger partial charge in [-0.05, 0) is 50.5 Å². The van der Waals surface area contributed by atoms with Crippen molar-refractivity contribution >= 4 is 33.2 Å². The maximum Gasteiger partial charge on any atom is 0.262 e. The highest BCUT2D eigenvalue weighted by molar-refractivity contribution is 7.89. The van der Waals surface area contributed by atoms with E-state index in [9.17, 15) is 18.0 Å². The second kappa shape index (κ2) is 8.91. The van der Waals surface area contributed by atoms with Crippen LogP contribution in [0.1, 0.15) is 25.3 Å². The molecule has 2 aliphatic rings. The number of hydrogen-bond donors (Lipinski definition) is 1. The van der Waals surface area contributed by atoms with Gasteiger partial charge in [0, 0.05) is 31.4 Å². The lowest BCUT2D eigenvalue weighted by atomic mass is 9.97. The predicted molar refractivity (Wildman–Crippen MR) is 121 cm³/mol. The molecule has 2 amide bonds. The average molecular weight is 458 g/mol. The van der Waals surface area contributed by atoms with Crippen molar-refractivity contribution in [3.63, 3.8) is 0 Å². The van der Waals surface area contributed by atoms with E-state index in [1.165, 1.54) is 10.4 Å². The van der Waals surface area contributed by atoms with Gasteiger partial charge in [0.2, 0.25) is 15.9 Å². The molecule has 2 heterocycles. The minimum atomic E-state index is -3.83. The standard InChI is InChI=1S/C23H27N3O5S/c1-3-26(18-9-5-4-6-10-18)23(28)17-8-7-11-25(14-17)32(29,30)21-13-20-19(12-16(21)2)24-22(27)15-31-20/h4-6,9-10,12-13,17H,3,7-8,11,14-15H2,1-2H3,(H,24,27). The zero-order valence-corrected chi connectivity index (χ0v) is 19.0. The van der Waals surface area contributed by atoms with Crippen LogP contribution in [0.5, 0.6) is 5.75 Å². The summed E-state index contributed by atoms with van der Waals surface area (Å²) in [6.45, 7) is 4.46. The SMILES string of the molecule is CCN(C(=O)C1CCCN(S(=O)(=O)c2cc3c(cc2C)NC(=O)CO3)C1)c1ccccc1. The summed E-state index contributed by atoms with van der Waals surface area (Å²) in [6.07, 6.45) is 1.25. The van der Waals surface area contributed by atoms with Gasteiger partial charge in [-0.1, -0.05) is 18.2 Å². The van der Waals surface area contributed by atoms with Crippen molar-refractivity contribution in [2.75, 3.05) is 36.5 Å². The molecule has 1 N–H and O–H groups in total. The monoisotopic (exact) mass is 457 g/mol. The topological polar surface area (TPSA) is 96.0 Å². The summed E-state index contributed by atoms with van der Waals surface area (Å²) in [4.78, 5) is 26.7. The van der Waals surface area contributed by atoms with E-state index >= 15 is 0 Å². The summed E-state index contributed by atoms with van der Waals surface area (Å²) < 4.78 is 33.8. The van der Waals surface area contributed by atoms with Crippen LogP contribution in [0.15, 0.2) is 47.4 Å². The van der Waals surface area contributed by atoms with E-state index < -0.39 is 15.9 Å². The highest BCUT2D eigenvalue weighted by Crippen LogP contribution is 2.35. The van der Waals surface area contributed by atoms with Gasteiger partial charge in [-0.25, -0.2) is 8.42 Å². The van der Waals surface area contributed by atoms with Crippen molar-refractivity contribution in [3.05, 3.63) is 48.0 Å². The molecule has 0 aliphatic carbocycles. The van der Waals surface area contributed by atoms with E-state index in [2.05, 4.69) is 5.32 Å². The number of nitrogens with zero attached hydrogens (tertiary/aromatic N) is 2. The predicted octanol–water partition coefficient (Wildman–Crippen LogP) is 2.78. The molecule has 2 aromatic carbocycles. The van der Waals surface area contributed by atoms with Crippen LogP contribution in [0, 0.1) is 12.8 Å². The van der Waals surface area contributed by atoms with Gasteiger partial charge in [-0.2, -0.15) is 4.31 Å². The molecule has 32 heavy (non-hydrogen) atoms. The number of nitrogens with one attached hydrogen (secondary N) is 1. The van der Waals surface area contributed by atoms with E-state index in [-0.39, 0.29) is 29.9 Å². The summed E-state index contributed by atoms with van der Waals surface area (Å²) in [7, 11) is -3.83.